The van der Waals surface area contributed by atoms with Crippen LogP contribution in [0.25, 0.3) is 0 Å². The number of aryl methyl sites for hydroxylation is 1. The minimum Gasteiger partial charge on any atom is -0.211 e. The molecule has 0 fully saturated rings. The minimum atomic E-state index is -3.55. The van der Waals surface area contributed by atoms with Crippen molar-refractivity contribution < 1.29 is 8.42 Å². The maximum atomic E-state index is 12.3. The summed E-state index contributed by atoms with van der Waals surface area (Å²) in [4.78, 5) is 1.27. The molecule has 3 nitrogen and oxygen atoms in total. The van der Waals surface area contributed by atoms with Gasteiger partial charge in [-0.3, -0.25) is 0 Å². The fourth-order valence-corrected chi connectivity index (χ4v) is 5.50. The molecule has 21 heavy (non-hydrogen) atoms. The summed E-state index contributed by atoms with van der Waals surface area (Å²) in [6.07, 6.45) is 0.612. The van der Waals surface area contributed by atoms with E-state index in [9.17, 15) is 8.42 Å². The Kier molecular flexibility index (Phi) is 5.90. The highest BCUT2D eigenvalue weighted by molar-refractivity contribution is 9.11. The number of sulfonamides is 1. The lowest BCUT2D eigenvalue weighted by molar-refractivity contribution is 0.581. The molecule has 1 N–H and O–H groups in total. The highest BCUT2D eigenvalue weighted by Gasteiger charge is 2.18. The van der Waals surface area contributed by atoms with Gasteiger partial charge in [0.15, 0.2) is 0 Å². The number of rotatable bonds is 5. The van der Waals surface area contributed by atoms with Crippen LogP contribution in [0.15, 0.2) is 38.1 Å². The summed E-state index contributed by atoms with van der Waals surface area (Å²) in [7, 11) is -3.55. The van der Waals surface area contributed by atoms with Gasteiger partial charge in [-0.15, -0.1) is 11.3 Å². The molecule has 0 aliphatic rings. The SMILES string of the molecule is Cc1cc(Br)c(S(=O)(=O)NCCc2ccc(Cl)s2)cc1Br. The summed E-state index contributed by atoms with van der Waals surface area (Å²) in [6, 6.07) is 7.09. The standard InChI is InChI=1S/C13H12Br2ClNO2S2/c1-8-6-11(15)12(7-10(8)14)21(18,19)17-5-4-9-2-3-13(16)20-9/h2-3,6-7,17H,4-5H2,1H3. The molecule has 2 rings (SSSR count). The van der Waals surface area contributed by atoms with Crippen LogP contribution in [-0.4, -0.2) is 15.0 Å². The lowest BCUT2D eigenvalue weighted by atomic mass is 10.2. The lowest BCUT2D eigenvalue weighted by Crippen LogP contribution is -2.26. The molecule has 1 heterocycles. The van der Waals surface area contributed by atoms with Crippen molar-refractivity contribution >= 4 is 64.8 Å². The first-order valence-corrected chi connectivity index (χ1v) is 10.3. The molecule has 1 aromatic heterocycles. The van der Waals surface area contributed by atoms with Crippen LogP contribution in [-0.2, 0) is 16.4 Å². The van der Waals surface area contributed by atoms with E-state index < -0.39 is 10.0 Å². The van der Waals surface area contributed by atoms with Crippen LogP contribution in [0.2, 0.25) is 4.34 Å². The van der Waals surface area contributed by atoms with Crippen LogP contribution in [0.5, 0.6) is 0 Å². The van der Waals surface area contributed by atoms with Gasteiger partial charge in [-0.25, -0.2) is 13.1 Å². The van der Waals surface area contributed by atoms with Crippen molar-refractivity contribution in [3.05, 3.63) is 48.0 Å². The van der Waals surface area contributed by atoms with E-state index in [2.05, 4.69) is 36.6 Å². The quantitative estimate of drug-likeness (QED) is 0.681. The van der Waals surface area contributed by atoms with Gasteiger partial charge in [0.05, 0.1) is 9.23 Å². The van der Waals surface area contributed by atoms with Crippen LogP contribution in [0.1, 0.15) is 10.4 Å². The van der Waals surface area contributed by atoms with Gasteiger partial charge in [-0.1, -0.05) is 27.5 Å². The Hall–Kier alpha value is 0.0800. The second-order valence-corrected chi connectivity index (χ2v) is 9.63. The molecule has 8 heteroatoms. The lowest BCUT2D eigenvalue weighted by Gasteiger charge is -2.10. The van der Waals surface area contributed by atoms with Crippen molar-refractivity contribution in [2.24, 2.45) is 0 Å². The molecule has 0 aliphatic carbocycles. The Labute approximate surface area is 150 Å². The van der Waals surface area contributed by atoms with Crippen LogP contribution in [0.3, 0.4) is 0 Å². The van der Waals surface area contributed by atoms with Crippen molar-refractivity contribution in [3.8, 4) is 0 Å². The van der Waals surface area contributed by atoms with Crippen molar-refractivity contribution in [3.63, 3.8) is 0 Å². The van der Waals surface area contributed by atoms with Gasteiger partial charge in [0.1, 0.15) is 0 Å². The Morgan fingerprint density at radius 2 is 1.95 bits per heavy atom. The van der Waals surface area contributed by atoms with Crippen LogP contribution in [0, 0.1) is 6.92 Å². The first kappa shape index (κ1) is 17.4. The zero-order valence-corrected chi connectivity index (χ0v) is 16.6. The van der Waals surface area contributed by atoms with Gasteiger partial charge in [-0.05, 0) is 59.1 Å². The zero-order valence-electron chi connectivity index (χ0n) is 11.0. The largest absolute Gasteiger partial charge is 0.241 e. The monoisotopic (exact) mass is 471 g/mol. The number of nitrogens with one attached hydrogen (secondary N) is 1. The van der Waals surface area contributed by atoms with E-state index in [1.807, 2.05) is 19.1 Å². The van der Waals surface area contributed by atoms with E-state index in [0.717, 1.165) is 14.9 Å². The number of halogens is 3. The number of benzene rings is 1. The third-order valence-electron chi connectivity index (χ3n) is 2.80. The molecule has 0 saturated carbocycles. The van der Waals surface area contributed by atoms with Crippen molar-refractivity contribution in [1.82, 2.24) is 4.72 Å². The average Bonchev–Trinajstić information content (AvgIpc) is 2.79. The molecular formula is C13H12Br2ClNO2S2. The van der Waals surface area contributed by atoms with Crippen molar-refractivity contribution in [2.45, 2.75) is 18.2 Å². The molecule has 2 aromatic rings. The molecule has 0 spiro atoms. The molecule has 0 atom stereocenters. The van der Waals surface area contributed by atoms with Gasteiger partial charge in [0, 0.05) is 20.4 Å². The summed E-state index contributed by atoms with van der Waals surface area (Å²) in [5, 5.41) is 0. The second-order valence-electron chi connectivity index (χ2n) is 4.39. The summed E-state index contributed by atoms with van der Waals surface area (Å²) in [5.74, 6) is 0. The third kappa shape index (κ3) is 4.53. The molecule has 0 saturated heterocycles. The fraction of sp³-hybridized carbons (Fsp3) is 0.231. The van der Waals surface area contributed by atoms with E-state index in [4.69, 9.17) is 11.6 Å². The normalized spacial score (nSPS) is 11.8. The fourth-order valence-electron chi connectivity index (χ4n) is 1.71. The molecule has 0 amide bonds. The molecule has 0 radical (unpaired) electrons. The van der Waals surface area contributed by atoms with E-state index in [1.165, 1.54) is 11.3 Å². The topological polar surface area (TPSA) is 46.2 Å². The van der Waals surface area contributed by atoms with Gasteiger partial charge >= 0.3 is 0 Å². The van der Waals surface area contributed by atoms with Crippen LogP contribution >= 0.6 is 54.8 Å². The first-order chi connectivity index (χ1) is 9.79. The summed E-state index contributed by atoms with van der Waals surface area (Å²) >= 11 is 14.0. The number of hydrogen-bond acceptors (Lipinski definition) is 3. The Balaban J connectivity index is 2.10. The Morgan fingerprint density at radius 1 is 1.24 bits per heavy atom. The molecule has 0 bridgehead atoms. The maximum absolute atomic E-state index is 12.3. The Morgan fingerprint density at radius 3 is 2.57 bits per heavy atom. The highest BCUT2D eigenvalue weighted by atomic mass is 79.9. The van der Waals surface area contributed by atoms with Crippen LogP contribution < -0.4 is 4.72 Å². The van der Waals surface area contributed by atoms with E-state index in [-0.39, 0.29) is 4.90 Å². The average molecular weight is 474 g/mol. The molecule has 0 unspecified atom stereocenters. The number of hydrogen-bond donors (Lipinski definition) is 1. The van der Waals surface area contributed by atoms with Gasteiger partial charge in [0.25, 0.3) is 0 Å². The first-order valence-electron chi connectivity index (χ1n) is 5.99. The molecule has 114 valence electrons. The summed E-state index contributed by atoms with van der Waals surface area (Å²) in [5.41, 5.74) is 0.967. The van der Waals surface area contributed by atoms with Crippen LogP contribution in [0.4, 0.5) is 0 Å². The van der Waals surface area contributed by atoms with E-state index in [0.29, 0.717) is 21.8 Å². The molecular weight excluding hydrogens is 462 g/mol. The third-order valence-corrected chi connectivity index (χ3v) is 7.36. The predicted molar refractivity (Wildman–Crippen MR) is 94.8 cm³/mol. The molecule has 0 aliphatic heterocycles. The maximum Gasteiger partial charge on any atom is 0.241 e. The number of thiophene rings is 1. The molecule has 1 aromatic carbocycles. The summed E-state index contributed by atoms with van der Waals surface area (Å²) < 4.78 is 29.3. The second kappa shape index (κ2) is 7.10. The van der Waals surface area contributed by atoms with Gasteiger partial charge < -0.3 is 0 Å². The predicted octanol–water partition coefficient (Wildman–Crippen LogP) is 4.76. The van der Waals surface area contributed by atoms with Crippen molar-refractivity contribution in [2.75, 3.05) is 6.54 Å². The van der Waals surface area contributed by atoms with E-state index in [1.54, 1.807) is 12.1 Å². The van der Waals surface area contributed by atoms with E-state index >= 15 is 0 Å². The van der Waals surface area contributed by atoms with Gasteiger partial charge in [0.2, 0.25) is 10.0 Å². The minimum absolute atomic E-state index is 0.226. The van der Waals surface area contributed by atoms with Gasteiger partial charge in [-0.2, -0.15) is 0 Å². The van der Waals surface area contributed by atoms with Crippen molar-refractivity contribution in [1.29, 1.82) is 0 Å². The highest BCUT2D eigenvalue weighted by Crippen LogP contribution is 2.28. The summed E-state index contributed by atoms with van der Waals surface area (Å²) in [6.45, 7) is 2.23. The smallest absolute Gasteiger partial charge is 0.211 e. The zero-order chi connectivity index (χ0) is 15.6. The Bertz CT molecular complexity index is 760.